The summed E-state index contributed by atoms with van der Waals surface area (Å²) in [4.78, 5) is 14.8. The fourth-order valence-corrected chi connectivity index (χ4v) is 3.63. The summed E-state index contributed by atoms with van der Waals surface area (Å²) in [6.07, 6.45) is 8.44. The molecule has 1 saturated carbocycles. The summed E-state index contributed by atoms with van der Waals surface area (Å²) >= 11 is 5.82. The molecule has 24 heavy (non-hydrogen) atoms. The van der Waals surface area contributed by atoms with E-state index in [0.717, 1.165) is 63.1 Å². The molecule has 0 spiro atoms. The third kappa shape index (κ3) is 4.60. The molecule has 2 heterocycles. The van der Waals surface area contributed by atoms with E-state index in [4.69, 9.17) is 21.6 Å². The lowest BCUT2D eigenvalue weighted by molar-refractivity contribution is 0.258. The van der Waals surface area contributed by atoms with Crippen LogP contribution in [-0.2, 0) is 6.42 Å². The van der Waals surface area contributed by atoms with Gasteiger partial charge in [0.2, 0.25) is 0 Å². The summed E-state index contributed by atoms with van der Waals surface area (Å²) < 4.78 is 0. The van der Waals surface area contributed by atoms with Crippen LogP contribution < -0.4 is 4.90 Å². The molecule has 0 radical (unpaired) electrons. The van der Waals surface area contributed by atoms with E-state index in [9.17, 15) is 0 Å². The van der Waals surface area contributed by atoms with Gasteiger partial charge in [0.05, 0.1) is 0 Å². The minimum absolute atomic E-state index is 0.678. The smallest absolute Gasteiger partial charge is 0.132 e. The topological polar surface area (TPSA) is 32.3 Å². The Hall–Kier alpha value is -0.870. The van der Waals surface area contributed by atoms with Crippen LogP contribution in [0.5, 0.6) is 0 Å². The van der Waals surface area contributed by atoms with Crippen molar-refractivity contribution in [3.8, 4) is 0 Å². The van der Waals surface area contributed by atoms with Gasteiger partial charge in [-0.1, -0.05) is 19.8 Å². The number of aromatic nitrogens is 2. The predicted molar refractivity (Wildman–Crippen MR) is 101 cm³/mol. The molecule has 0 bridgehead atoms. The molecule has 1 aliphatic heterocycles. The number of unbranched alkanes of at least 4 members (excludes halogenated alkanes) is 1. The first-order chi connectivity index (χ1) is 11.8. The molecule has 4 nitrogen and oxygen atoms in total. The maximum Gasteiger partial charge on any atom is 0.132 e. The number of aryl methyl sites for hydroxylation is 1. The van der Waals surface area contributed by atoms with E-state index >= 15 is 0 Å². The molecule has 0 aromatic carbocycles. The van der Waals surface area contributed by atoms with Gasteiger partial charge in [-0.3, -0.25) is 4.90 Å². The zero-order valence-corrected chi connectivity index (χ0v) is 15.8. The molecule has 2 fully saturated rings. The van der Waals surface area contributed by atoms with Crippen molar-refractivity contribution < 1.29 is 0 Å². The van der Waals surface area contributed by atoms with Crippen molar-refractivity contribution in [1.82, 2.24) is 14.9 Å². The second kappa shape index (κ2) is 9.00. The Morgan fingerprint density at radius 1 is 1.12 bits per heavy atom. The predicted octanol–water partition coefficient (Wildman–Crippen LogP) is 3.84. The summed E-state index contributed by atoms with van der Waals surface area (Å²) in [6, 6.07) is 2.27. The average Bonchev–Trinajstić information content (AvgIpc) is 2.57. The first-order valence-corrected chi connectivity index (χ1v) is 10.2. The van der Waals surface area contributed by atoms with Crippen molar-refractivity contribution >= 4 is 17.4 Å². The van der Waals surface area contributed by atoms with Gasteiger partial charge in [-0.2, -0.15) is 0 Å². The van der Waals surface area contributed by atoms with Gasteiger partial charge in [0.1, 0.15) is 11.6 Å². The molecule has 0 amide bonds. The van der Waals surface area contributed by atoms with Crippen LogP contribution >= 0.6 is 11.6 Å². The zero-order valence-electron chi connectivity index (χ0n) is 15.0. The van der Waals surface area contributed by atoms with Crippen molar-refractivity contribution in [2.75, 3.05) is 43.5 Å². The molecular weight excluding hydrogens is 320 g/mol. The molecule has 3 rings (SSSR count). The largest absolute Gasteiger partial charge is 0.354 e. The summed E-state index contributed by atoms with van der Waals surface area (Å²) in [7, 11) is 0. The number of piperazine rings is 1. The lowest BCUT2D eigenvalue weighted by atomic mass is 9.83. The molecule has 0 N–H and O–H groups in total. The summed E-state index contributed by atoms with van der Waals surface area (Å²) in [5.74, 6) is 3.66. The van der Waals surface area contributed by atoms with E-state index in [1.165, 1.54) is 37.8 Å². The normalized spacial score (nSPS) is 19.5. The van der Waals surface area contributed by atoms with Gasteiger partial charge in [0, 0.05) is 56.2 Å². The van der Waals surface area contributed by atoms with Gasteiger partial charge in [-0.05, 0) is 32.2 Å². The summed E-state index contributed by atoms with van der Waals surface area (Å²) in [5.41, 5.74) is 1.29. The van der Waals surface area contributed by atoms with Crippen molar-refractivity contribution in [3.63, 3.8) is 0 Å². The van der Waals surface area contributed by atoms with Crippen LogP contribution in [0.4, 0.5) is 5.82 Å². The third-order valence-corrected chi connectivity index (χ3v) is 5.63. The van der Waals surface area contributed by atoms with E-state index < -0.39 is 0 Å². The molecular formula is C19H31ClN4. The first kappa shape index (κ1) is 17.9. The van der Waals surface area contributed by atoms with Crippen LogP contribution in [0.3, 0.4) is 0 Å². The number of hydrogen-bond donors (Lipinski definition) is 0. The molecule has 134 valence electrons. The molecule has 2 aliphatic rings. The van der Waals surface area contributed by atoms with Gasteiger partial charge < -0.3 is 4.90 Å². The highest BCUT2D eigenvalue weighted by Crippen LogP contribution is 2.36. The lowest BCUT2D eigenvalue weighted by Crippen LogP contribution is -2.47. The van der Waals surface area contributed by atoms with Crippen LogP contribution in [0.1, 0.15) is 62.9 Å². The van der Waals surface area contributed by atoms with E-state index in [0.29, 0.717) is 5.92 Å². The Morgan fingerprint density at radius 3 is 2.54 bits per heavy atom. The Kier molecular flexibility index (Phi) is 6.73. The highest BCUT2D eigenvalue weighted by Gasteiger charge is 2.24. The van der Waals surface area contributed by atoms with Crippen LogP contribution in [0.25, 0.3) is 0 Å². The second-order valence-corrected chi connectivity index (χ2v) is 7.55. The van der Waals surface area contributed by atoms with Crippen LogP contribution in [-0.4, -0.2) is 53.5 Å². The third-order valence-electron chi connectivity index (χ3n) is 5.36. The zero-order chi connectivity index (χ0) is 16.8. The van der Waals surface area contributed by atoms with Gasteiger partial charge in [0.15, 0.2) is 0 Å². The summed E-state index contributed by atoms with van der Waals surface area (Å²) in [5, 5.41) is 0. The Labute approximate surface area is 151 Å². The highest BCUT2D eigenvalue weighted by molar-refractivity contribution is 6.17. The van der Waals surface area contributed by atoms with E-state index in [-0.39, 0.29) is 0 Å². The van der Waals surface area contributed by atoms with Gasteiger partial charge in [0.25, 0.3) is 0 Å². The number of anilines is 1. The van der Waals surface area contributed by atoms with Crippen molar-refractivity contribution in [2.45, 2.75) is 57.8 Å². The van der Waals surface area contributed by atoms with Gasteiger partial charge in [-0.25, -0.2) is 9.97 Å². The number of alkyl halides is 1. The van der Waals surface area contributed by atoms with Crippen molar-refractivity contribution in [2.24, 2.45) is 0 Å². The number of halogens is 1. The molecule has 1 saturated heterocycles. The molecule has 5 heteroatoms. The fourth-order valence-electron chi connectivity index (χ4n) is 3.51. The first-order valence-electron chi connectivity index (χ1n) is 9.71. The van der Waals surface area contributed by atoms with E-state index in [1.54, 1.807) is 0 Å². The maximum atomic E-state index is 5.82. The van der Waals surface area contributed by atoms with Crippen LogP contribution in [0, 0.1) is 0 Å². The average molecular weight is 351 g/mol. The highest BCUT2D eigenvalue weighted by atomic mass is 35.5. The van der Waals surface area contributed by atoms with Crippen molar-refractivity contribution in [3.05, 3.63) is 17.6 Å². The van der Waals surface area contributed by atoms with E-state index in [2.05, 4.69) is 22.8 Å². The number of rotatable bonds is 8. The molecule has 1 aromatic heterocycles. The summed E-state index contributed by atoms with van der Waals surface area (Å²) in [6.45, 7) is 7.72. The standard InChI is InChI=1S/C19H31ClN4/c1-2-3-8-18-21-17(16-6-4-7-16)15-19(22-18)24-13-11-23(12-14-24)10-5-9-20/h15-16H,2-14H2,1H3. The SMILES string of the molecule is CCCCc1nc(C2CCC2)cc(N2CCN(CCCCl)CC2)n1. The Bertz CT molecular complexity index is 510. The number of nitrogens with zero attached hydrogens (tertiary/aromatic N) is 4. The van der Waals surface area contributed by atoms with Crippen LogP contribution in [0.15, 0.2) is 6.07 Å². The fraction of sp³-hybridized carbons (Fsp3) is 0.789. The minimum Gasteiger partial charge on any atom is -0.354 e. The maximum absolute atomic E-state index is 5.82. The lowest BCUT2D eigenvalue weighted by Gasteiger charge is -2.36. The molecule has 1 aliphatic carbocycles. The molecule has 0 unspecified atom stereocenters. The quantitative estimate of drug-likeness (QED) is 0.667. The van der Waals surface area contributed by atoms with Crippen LogP contribution in [0.2, 0.25) is 0 Å². The van der Waals surface area contributed by atoms with Crippen molar-refractivity contribution in [1.29, 1.82) is 0 Å². The minimum atomic E-state index is 0.678. The Morgan fingerprint density at radius 2 is 1.92 bits per heavy atom. The molecule has 0 atom stereocenters. The Balaban J connectivity index is 1.67. The number of hydrogen-bond acceptors (Lipinski definition) is 4. The van der Waals surface area contributed by atoms with Gasteiger partial charge >= 0.3 is 0 Å². The second-order valence-electron chi connectivity index (χ2n) is 7.17. The molecule has 1 aromatic rings. The van der Waals surface area contributed by atoms with E-state index in [1.807, 2.05) is 0 Å². The van der Waals surface area contributed by atoms with Gasteiger partial charge in [-0.15, -0.1) is 11.6 Å². The monoisotopic (exact) mass is 350 g/mol.